The van der Waals surface area contributed by atoms with Crippen LogP contribution in [0.15, 0.2) is 24.3 Å². The topological polar surface area (TPSA) is 52.6 Å². The Morgan fingerprint density at radius 3 is 2.76 bits per heavy atom. The summed E-state index contributed by atoms with van der Waals surface area (Å²) in [5, 5.41) is 0. The number of halogens is 1. The Morgan fingerprint density at radius 2 is 2.18 bits per heavy atom. The van der Waals surface area contributed by atoms with Crippen LogP contribution in [0.1, 0.15) is 5.56 Å². The number of rotatable bonds is 5. The molecule has 1 aromatic rings. The van der Waals surface area contributed by atoms with Gasteiger partial charge in [0.2, 0.25) is 9.05 Å². The van der Waals surface area contributed by atoms with Gasteiger partial charge in [0, 0.05) is 10.7 Å². The minimum Gasteiger partial charge on any atom is -0.486 e. The molecular weight excluding hydrogens is 264 g/mol. The average molecular weight is 277 g/mol. The van der Waals surface area contributed by atoms with Crippen molar-refractivity contribution in [3.05, 3.63) is 29.8 Å². The van der Waals surface area contributed by atoms with Gasteiger partial charge in [-0.1, -0.05) is 12.1 Å². The molecule has 0 radical (unpaired) electrons. The van der Waals surface area contributed by atoms with E-state index in [1.807, 2.05) is 24.3 Å². The van der Waals surface area contributed by atoms with Crippen LogP contribution in [0, 0.1) is 0 Å². The molecule has 1 fully saturated rings. The number of aryl methyl sites for hydroxylation is 1. The van der Waals surface area contributed by atoms with Crippen molar-refractivity contribution in [3.8, 4) is 5.75 Å². The van der Waals surface area contributed by atoms with Gasteiger partial charge in [0.1, 0.15) is 11.9 Å². The van der Waals surface area contributed by atoms with Crippen LogP contribution < -0.4 is 4.74 Å². The SMILES string of the molecule is O=S(=O)(Cl)CCc1cccc(OC2COC2)c1. The molecule has 0 N–H and O–H groups in total. The molecule has 2 rings (SSSR count). The van der Waals surface area contributed by atoms with Crippen LogP contribution in [-0.4, -0.2) is 33.5 Å². The predicted octanol–water partition coefficient (Wildman–Crippen LogP) is 1.58. The van der Waals surface area contributed by atoms with E-state index in [2.05, 4.69) is 0 Å². The normalized spacial score (nSPS) is 16.5. The molecule has 17 heavy (non-hydrogen) atoms. The van der Waals surface area contributed by atoms with E-state index in [9.17, 15) is 8.42 Å². The van der Waals surface area contributed by atoms with E-state index in [-0.39, 0.29) is 11.9 Å². The minimum absolute atomic E-state index is 0.0649. The first-order valence-corrected chi connectivity index (χ1v) is 7.76. The molecule has 6 heteroatoms. The molecule has 0 aromatic heterocycles. The summed E-state index contributed by atoms with van der Waals surface area (Å²) in [6, 6.07) is 7.37. The highest BCUT2D eigenvalue weighted by Crippen LogP contribution is 2.18. The molecule has 0 atom stereocenters. The zero-order chi connectivity index (χ0) is 12.3. The van der Waals surface area contributed by atoms with Crippen LogP contribution in [0.4, 0.5) is 0 Å². The highest BCUT2D eigenvalue weighted by molar-refractivity contribution is 8.13. The number of hydrogen-bond donors (Lipinski definition) is 0. The van der Waals surface area contributed by atoms with Crippen molar-refractivity contribution < 1.29 is 17.9 Å². The lowest BCUT2D eigenvalue weighted by Crippen LogP contribution is -2.38. The molecule has 0 aliphatic carbocycles. The van der Waals surface area contributed by atoms with Crippen molar-refractivity contribution >= 4 is 19.7 Å². The summed E-state index contributed by atoms with van der Waals surface area (Å²) in [6.45, 7) is 1.22. The highest BCUT2D eigenvalue weighted by atomic mass is 35.7. The van der Waals surface area contributed by atoms with Crippen molar-refractivity contribution in [2.45, 2.75) is 12.5 Å². The quantitative estimate of drug-likeness (QED) is 0.766. The van der Waals surface area contributed by atoms with Gasteiger partial charge in [-0.05, 0) is 24.1 Å². The van der Waals surface area contributed by atoms with Crippen molar-refractivity contribution in [3.63, 3.8) is 0 Å². The van der Waals surface area contributed by atoms with Gasteiger partial charge in [0.25, 0.3) is 0 Å². The molecule has 0 amide bonds. The van der Waals surface area contributed by atoms with Gasteiger partial charge in [-0.3, -0.25) is 0 Å². The maximum Gasteiger partial charge on any atom is 0.232 e. The van der Waals surface area contributed by atoms with Gasteiger partial charge >= 0.3 is 0 Å². The third-order valence-corrected chi connectivity index (χ3v) is 3.60. The average Bonchev–Trinajstić information content (AvgIpc) is 2.20. The van der Waals surface area contributed by atoms with E-state index in [0.717, 1.165) is 11.3 Å². The lowest BCUT2D eigenvalue weighted by atomic mass is 10.1. The van der Waals surface area contributed by atoms with E-state index >= 15 is 0 Å². The Hall–Kier alpha value is -0.780. The molecule has 0 saturated carbocycles. The number of hydrogen-bond acceptors (Lipinski definition) is 4. The van der Waals surface area contributed by atoms with E-state index in [0.29, 0.717) is 19.6 Å². The maximum absolute atomic E-state index is 10.8. The second-order valence-electron chi connectivity index (χ2n) is 3.92. The lowest BCUT2D eigenvalue weighted by Gasteiger charge is -2.26. The van der Waals surface area contributed by atoms with E-state index in [1.54, 1.807) is 0 Å². The van der Waals surface area contributed by atoms with Crippen molar-refractivity contribution in [1.29, 1.82) is 0 Å². The van der Waals surface area contributed by atoms with Crippen molar-refractivity contribution in [2.24, 2.45) is 0 Å². The summed E-state index contributed by atoms with van der Waals surface area (Å²) in [7, 11) is 1.72. The Bertz CT molecular complexity index is 482. The zero-order valence-electron chi connectivity index (χ0n) is 9.13. The van der Waals surface area contributed by atoms with Gasteiger partial charge in [-0.15, -0.1) is 0 Å². The Labute approximate surface area is 105 Å². The van der Waals surface area contributed by atoms with Crippen molar-refractivity contribution in [1.82, 2.24) is 0 Å². The second-order valence-corrected chi connectivity index (χ2v) is 6.81. The molecule has 1 saturated heterocycles. The van der Waals surface area contributed by atoms with Crippen LogP contribution >= 0.6 is 10.7 Å². The molecular formula is C11H13ClO4S. The standard InChI is InChI=1S/C11H13ClO4S/c12-17(13,14)5-4-9-2-1-3-10(6-9)16-11-7-15-8-11/h1-3,6,11H,4-5,7-8H2. The van der Waals surface area contributed by atoms with Gasteiger partial charge in [-0.25, -0.2) is 8.42 Å². The minimum atomic E-state index is -3.44. The third-order valence-electron chi connectivity index (χ3n) is 2.44. The molecule has 94 valence electrons. The molecule has 0 bridgehead atoms. The Kier molecular flexibility index (Phi) is 3.91. The van der Waals surface area contributed by atoms with Gasteiger partial charge in [0.05, 0.1) is 19.0 Å². The van der Waals surface area contributed by atoms with Gasteiger partial charge < -0.3 is 9.47 Å². The maximum atomic E-state index is 10.8. The van der Waals surface area contributed by atoms with Gasteiger partial charge in [0.15, 0.2) is 0 Å². The molecule has 0 unspecified atom stereocenters. The molecule has 1 aliphatic heterocycles. The van der Waals surface area contributed by atoms with Crippen LogP contribution in [0.5, 0.6) is 5.75 Å². The van der Waals surface area contributed by atoms with Crippen molar-refractivity contribution in [2.75, 3.05) is 19.0 Å². The summed E-state index contributed by atoms with van der Waals surface area (Å²) in [6.07, 6.45) is 0.506. The predicted molar refractivity (Wildman–Crippen MR) is 65.0 cm³/mol. The van der Waals surface area contributed by atoms with Crippen LogP contribution in [0.2, 0.25) is 0 Å². The fourth-order valence-corrected chi connectivity index (χ4v) is 2.20. The van der Waals surface area contributed by atoms with E-state index < -0.39 is 9.05 Å². The molecule has 0 spiro atoms. The Morgan fingerprint density at radius 1 is 1.41 bits per heavy atom. The largest absolute Gasteiger partial charge is 0.486 e. The fraction of sp³-hybridized carbons (Fsp3) is 0.455. The van der Waals surface area contributed by atoms with Gasteiger partial charge in [-0.2, -0.15) is 0 Å². The molecule has 1 aliphatic rings. The summed E-state index contributed by atoms with van der Waals surface area (Å²) < 4.78 is 32.3. The van der Waals surface area contributed by atoms with Crippen LogP contribution in [-0.2, 0) is 20.2 Å². The number of benzene rings is 1. The highest BCUT2D eigenvalue weighted by Gasteiger charge is 2.20. The summed E-state index contributed by atoms with van der Waals surface area (Å²) >= 11 is 0. The fourth-order valence-electron chi connectivity index (χ4n) is 1.49. The first-order valence-electron chi connectivity index (χ1n) is 5.28. The monoisotopic (exact) mass is 276 g/mol. The second kappa shape index (κ2) is 5.25. The first kappa shape index (κ1) is 12.7. The van der Waals surface area contributed by atoms with Crippen LogP contribution in [0.25, 0.3) is 0 Å². The lowest BCUT2D eigenvalue weighted by molar-refractivity contribution is -0.0797. The Balaban J connectivity index is 1.95. The van der Waals surface area contributed by atoms with Crippen LogP contribution in [0.3, 0.4) is 0 Å². The molecule has 1 heterocycles. The van der Waals surface area contributed by atoms with E-state index in [1.165, 1.54) is 0 Å². The smallest absolute Gasteiger partial charge is 0.232 e. The first-order chi connectivity index (χ1) is 8.03. The molecule has 4 nitrogen and oxygen atoms in total. The number of ether oxygens (including phenoxy) is 2. The third kappa shape index (κ3) is 4.18. The summed E-state index contributed by atoms with van der Waals surface area (Å²) in [5.41, 5.74) is 0.895. The molecule has 1 aromatic carbocycles. The summed E-state index contributed by atoms with van der Waals surface area (Å²) in [5.74, 6) is 0.674. The zero-order valence-corrected chi connectivity index (χ0v) is 10.7. The summed E-state index contributed by atoms with van der Waals surface area (Å²) in [4.78, 5) is 0. The van der Waals surface area contributed by atoms with E-state index in [4.69, 9.17) is 20.2 Å².